The van der Waals surface area contributed by atoms with Crippen molar-refractivity contribution in [2.45, 2.75) is 18.9 Å². The molecule has 0 spiro atoms. The van der Waals surface area contributed by atoms with Gasteiger partial charge in [0, 0.05) is 22.6 Å². The van der Waals surface area contributed by atoms with Crippen molar-refractivity contribution in [3.05, 3.63) is 53.1 Å². The highest BCUT2D eigenvalue weighted by atomic mass is 127. The van der Waals surface area contributed by atoms with E-state index in [9.17, 15) is 0 Å². The first-order valence-electron chi connectivity index (χ1n) is 7.92. The number of hydrogen-bond acceptors (Lipinski definition) is 2. The van der Waals surface area contributed by atoms with Crippen molar-refractivity contribution in [2.24, 2.45) is 0 Å². The third-order valence-corrected chi connectivity index (χ3v) is 5.37. The van der Waals surface area contributed by atoms with Crippen molar-refractivity contribution in [1.29, 1.82) is 0 Å². The fourth-order valence-corrected chi connectivity index (χ4v) is 4.09. The first-order chi connectivity index (χ1) is 10.8. The fraction of sp³-hybridized carbons (Fsp3) is 0.368. The van der Waals surface area contributed by atoms with Gasteiger partial charge in [0.15, 0.2) is 0 Å². The van der Waals surface area contributed by atoms with Crippen LogP contribution in [0.3, 0.4) is 0 Å². The Kier molecular flexibility index (Phi) is 3.86. The maximum atomic E-state index is 6.09. The van der Waals surface area contributed by atoms with E-state index in [2.05, 4.69) is 70.9 Å². The Bertz CT molecular complexity index is 713. The lowest BCUT2D eigenvalue weighted by Crippen LogP contribution is -2.35. The van der Waals surface area contributed by atoms with Crippen molar-refractivity contribution in [1.82, 2.24) is 4.90 Å². The number of likely N-dealkylation sites (N-methyl/N-ethyl adjacent to an activating group) is 1. The fourth-order valence-electron chi connectivity index (χ4n) is 3.87. The Morgan fingerprint density at radius 3 is 2.91 bits per heavy atom. The minimum Gasteiger partial charge on any atom is -0.492 e. The number of rotatable bonds is 3. The number of fused-ring (bicyclic) bond motifs is 2. The molecule has 1 unspecified atom stereocenters. The van der Waals surface area contributed by atoms with E-state index in [4.69, 9.17) is 4.74 Å². The predicted molar refractivity (Wildman–Crippen MR) is 99.0 cm³/mol. The molecule has 1 aliphatic heterocycles. The average molecular weight is 405 g/mol. The molecule has 1 aliphatic carbocycles. The smallest absolute Gasteiger partial charge is 0.127 e. The third kappa shape index (κ3) is 2.26. The lowest BCUT2D eigenvalue weighted by atomic mass is 9.77. The summed E-state index contributed by atoms with van der Waals surface area (Å²) in [6.45, 7) is 1.92. The summed E-state index contributed by atoms with van der Waals surface area (Å²) in [5.74, 6) is 1.06. The Hall–Kier alpha value is -1.07. The van der Waals surface area contributed by atoms with E-state index in [1.165, 1.54) is 27.8 Å². The molecule has 0 fully saturated rings. The van der Waals surface area contributed by atoms with Crippen LogP contribution in [0, 0.1) is 0 Å². The molecule has 0 bridgehead atoms. The molecule has 0 radical (unpaired) electrons. The monoisotopic (exact) mass is 405 g/mol. The lowest BCUT2D eigenvalue weighted by molar-refractivity contribution is 0.227. The number of nitrogens with zero attached hydrogens (tertiary/aromatic N) is 1. The van der Waals surface area contributed by atoms with E-state index in [0.29, 0.717) is 6.04 Å². The molecule has 2 nitrogen and oxygen atoms in total. The molecule has 3 heteroatoms. The molecule has 0 aromatic heterocycles. The van der Waals surface area contributed by atoms with Gasteiger partial charge in [-0.3, -0.25) is 4.90 Å². The van der Waals surface area contributed by atoms with Crippen molar-refractivity contribution >= 4 is 22.6 Å². The van der Waals surface area contributed by atoms with Crippen LogP contribution in [0.4, 0.5) is 0 Å². The van der Waals surface area contributed by atoms with E-state index >= 15 is 0 Å². The van der Waals surface area contributed by atoms with Gasteiger partial charge in [-0.05, 0) is 48.2 Å². The summed E-state index contributed by atoms with van der Waals surface area (Å²) in [4.78, 5) is 2.50. The van der Waals surface area contributed by atoms with Crippen LogP contribution in [0.1, 0.15) is 22.7 Å². The van der Waals surface area contributed by atoms with Crippen LogP contribution in [0.2, 0.25) is 0 Å². The van der Waals surface area contributed by atoms with E-state index in [1.54, 1.807) is 0 Å². The maximum Gasteiger partial charge on any atom is 0.127 e. The molecule has 0 amide bonds. The first-order valence-corrected chi connectivity index (χ1v) is 9.45. The predicted octanol–water partition coefficient (Wildman–Crippen LogP) is 4.25. The van der Waals surface area contributed by atoms with Crippen LogP contribution in [0.15, 0.2) is 36.4 Å². The number of ether oxygens (including phenoxy) is 1. The highest BCUT2D eigenvalue weighted by Gasteiger charge is 2.34. The second-order valence-electron chi connectivity index (χ2n) is 6.16. The zero-order chi connectivity index (χ0) is 15.1. The Labute approximate surface area is 145 Å². The minimum atomic E-state index is 0.497. The van der Waals surface area contributed by atoms with Crippen LogP contribution < -0.4 is 4.74 Å². The third-order valence-electron chi connectivity index (χ3n) is 4.93. The molecule has 2 aliphatic rings. The van der Waals surface area contributed by atoms with Gasteiger partial charge < -0.3 is 4.74 Å². The molecular weight excluding hydrogens is 385 g/mol. The van der Waals surface area contributed by atoms with Crippen molar-refractivity contribution in [3.8, 4) is 16.9 Å². The highest BCUT2D eigenvalue weighted by Crippen LogP contribution is 2.48. The normalized spacial score (nSPS) is 19.5. The van der Waals surface area contributed by atoms with E-state index < -0.39 is 0 Å². The average Bonchev–Trinajstić information content (AvgIpc) is 2.56. The maximum absolute atomic E-state index is 6.09. The number of hydrogen-bond donors (Lipinski definition) is 0. The molecular formula is C19H20INO. The molecule has 114 valence electrons. The van der Waals surface area contributed by atoms with Crippen molar-refractivity contribution < 1.29 is 4.74 Å². The lowest BCUT2D eigenvalue weighted by Gasteiger charge is -2.40. The summed E-state index contributed by atoms with van der Waals surface area (Å²) in [6.07, 6.45) is 2.26. The van der Waals surface area contributed by atoms with E-state index in [-0.39, 0.29) is 0 Å². The van der Waals surface area contributed by atoms with Crippen molar-refractivity contribution in [2.75, 3.05) is 24.6 Å². The van der Waals surface area contributed by atoms with Crippen LogP contribution in [0.25, 0.3) is 11.1 Å². The molecule has 4 rings (SSSR count). The van der Waals surface area contributed by atoms with E-state index in [0.717, 1.165) is 36.2 Å². The molecule has 22 heavy (non-hydrogen) atoms. The number of alkyl halides is 1. The molecule has 2 aromatic rings. The molecule has 0 saturated heterocycles. The van der Waals surface area contributed by atoms with Crippen LogP contribution in [-0.2, 0) is 12.8 Å². The second-order valence-corrected chi connectivity index (χ2v) is 7.24. The van der Waals surface area contributed by atoms with Gasteiger partial charge in [-0.1, -0.05) is 52.9 Å². The largest absolute Gasteiger partial charge is 0.492 e. The van der Waals surface area contributed by atoms with Gasteiger partial charge in [0.05, 0.1) is 6.61 Å². The second kappa shape index (κ2) is 5.85. The Morgan fingerprint density at radius 1 is 1.18 bits per heavy atom. The molecule has 2 aromatic carbocycles. The Morgan fingerprint density at radius 2 is 2.05 bits per heavy atom. The van der Waals surface area contributed by atoms with Gasteiger partial charge in [-0.2, -0.15) is 0 Å². The SMILES string of the molecule is CN1CCc2ccc(OCCI)c3c2C1Cc1ccccc1-3. The van der Waals surface area contributed by atoms with Gasteiger partial charge in [0.2, 0.25) is 0 Å². The first kappa shape index (κ1) is 14.5. The van der Waals surface area contributed by atoms with E-state index in [1.807, 2.05) is 0 Å². The minimum absolute atomic E-state index is 0.497. The zero-order valence-electron chi connectivity index (χ0n) is 12.8. The summed E-state index contributed by atoms with van der Waals surface area (Å²) in [7, 11) is 2.25. The molecule has 0 saturated carbocycles. The summed E-state index contributed by atoms with van der Waals surface area (Å²) in [5.41, 5.74) is 7.19. The quantitative estimate of drug-likeness (QED) is 0.559. The molecule has 0 N–H and O–H groups in total. The van der Waals surface area contributed by atoms with Crippen molar-refractivity contribution in [3.63, 3.8) is 0 Å². The topological polar surface area (TPSA) is 12.5 Å². The standard InChI is InChI=1S/C19H20INO/c1-21-10-8-13-6-7-17(22-11-9-20)19-15-5-3-2-4-14(15)12-16(21)18(13)19/h2-7,16H,8-12H2,1H3. The van der Waals surface area contributed by atoms with Gasteiger partial charge in [-0.15, -0.1) is 0 Å². The summed E-state index contributed by atoms with van der Waals surface area (Å²) in [6, 6.07) is 13.8. The number of benzene rings is 2. The molecule has 1 heterocycles. The highest BCUT2D eigenvalue weighted by molar-refractivity contribution is 14.1. The van der Waals surface area contributed by atoms with Crippen LogP contribution >= 0.6 is 22.6 Å². The van der Waals surface area contributed by atoms with Gasteiger partial charge in [-0.25, -0.2) is 0 Å². The number of halogens is 1. The van der Waals surface area contributed by atoms with Gasteiger partial charge in [0.1, 0.15) is 5.75 Å². The zero-order valence-corrected chi connectivity index (χ0v) is 15.0. The van der Waals surface area contributed by atoms with Gasteiger partial charge in [0.25, 0.3) is 0 Å². The summed E-state index contributed by atoms with van der Waals surface area (Å²) in [5, 5.41) is 0. The Balaban J connectivity index is 1.95. The molecule has 1 atom stereocenters. The summed E-state index contributed by atoms with van der Waals surface area (Å²) < 4.78 is 7.10. The van der Waals surface area contributed by atoms with Crippen LogP contribution in [0.5, 0.6) is 5.75 Å². The van der Waals surface area contributed by atoms with Gasteiger partial charge >= 0.3 is 0 Å². The van der Waals surface area contributed by atoms with Crippen LogP contribution in [-0.4, -0.2) is 29.5 Å². The summed E-state index contributed by atoms with van der Waals surface area (Å²) >= 11 is 2.37.